The lowest BCUT2D eigenvalue weighted by Crippen LogP contribution is -2.52. The molecule has 4 heterocycles. The fraction of sp³-hybridized carbons (Fsp3) is 0.296. The molecule has 1 N–H and O–H groups in total. The number of carbonyl (C=O) groups excluding carboxylic acids is 2. The van der Waals surface area contributed by atoms with Gasteiger partial charge in [-0.1, -0.05) is 42.8 Å². The number of rotatable bonds is 4. The Balaban J connectivity index is 1.62. The Kier molecular flexibility index (Phi) is 5.28. The van der Waals surface area contributed by atoms with Gasteiger partial charge in [-0.25, -0.2) is 0 Å². The molecule has 34 heavy (non-hydrogen) atoms. The number of thioether (sulfide) groups is 1. The first-order chi connectivity index (χ1) is 16.6. The predicted octanol–water partition coefficient (Wildman–Crippen LogP) is 5.12. The molecule has 3 aliphatic rings. The SMILES string of the molecule is CCc1ccc2c(c1)[C@]1(C(=O)N2)[C@H](C(=O)c2cccnc2)[C@H](c2ccc(Cl)cc2)[C@H]2CSCN21. The minimum atomic E-state index is -1.06. The Hall–Kier alpha value is -2.67. The molecular weight excluding hydrogens is 466 g/mol. The molecule has 3 aliphatic heterocycles. The first-order valence-electron chi connectivity index (χ1n) is 11.5. The summed E-state index contributed by atoms with van der Waals surface area (Å²) in [5.41, 5.74) is 3.38. The summed E-state index contributed by atoms with van der Waals surface area (Å²) < 4.78 is 0. The zero-order valence-electron chi connectivity index (χ0n) is 18.7. The van der Waals surface area contributed by atoms with Crippen LogP contribution in [0.15, 0.2) is 67.0 Å². The number of halogens is 1. The van der Waals surface area contributed by atoms with E-state index in [2.05, 4.69) is 34.3 Å². The van der Waals surface area contributed by atoms with Gasteiger partial charge >= 0.3 is 0 Å². The number of amides is 1. The molecule has 0 radical (unpaired) electrons. The average Bonchev–Trinajstić information content (AvgIpc) is 3.53. The van der Waals surface area contributed by atoms with Gasteiger partial charge in [0.2, 0.25) is 5.91 Å². The number of pyridine rings is 1. The number of aromatic nitrogens is 1. The van der Waals surface area contributed by atoms with Crippen LogP contribution in [0.1, 0.15) is 39.9 Å². The number of ketones is 1. The van der Waals surface area contributed by atoms with E-state index in [4.69, 9.17) is 11.6 Å². The standard InChI is InChI=1S/C27H24ClN3O2S/c1-2-16-5-10-21-20(12-16)27(26(33)30-21)24(25(32)18-4-3-11-29-13-18)23(22-14-34-15-31(22)27)17-6-8-19(28)9-7-17/h3-13,22-24H,2,14-15H2,1H3,(H,30,33)/t22-,23-,24+,27-/m1/s1. The second-order valence-electron chi connectivity index (χ2n) is 9.15. The summed E-state index contributed by atoms with van der Waals surface area (Å²) in [5, 5.41) is 3.79. The monoisotopic (exact) mass is 489 g/mol. The smallest absolute Gasteiger partial charge is 0.250 e. The van der Waals surface area contributed by atoms with E-state index in [0.717, 1.165) is 34.6 Å². The maximum Gasteiger partial charge on any atom is 0.250 e. The predicted molar refractivity (Wildman–Crippen MR) is 135 cm³/mol. The Labute approximate surface area is 207 Å². The van der Waals surface area contributed by atoms with Gasteiger partial charge in [-0.15, -0.1) is 11.8 Å². The van der Waals surface area contributed by atoms with Gasteiger partial charge in [0.15, 0.2) is 5.78 Å². The summed E-state index contributed by atoms with van der Waals surface area (Å²) in [5.74, 6) is 0.676. The third kappa shape index (κ3) is 3.02. The lowest BCUT2D eigenvalue weighted by molar-refractivity contribution is -0.127. The van der Waals surface area contributed by atoms with Crippen molar-refractivity contribution in [2.45, 2.75) is 30.8 Å². The molecule has 5 nitrogen and oxygen atoms in total. The van der Waals surface area contributed by atoms with Crippen molar-refractivity contribution < 1.29 is 9.59 Å². The molecule has 1 amide bonds. The molecule has 172 valence electrons. The summed E-state index contributed by atoms with van der Waals surface area (Å²) in [6.45, 7) is 2.11. The number of hydrogen-bond acceptors (Lipinski definition) is 5. The Morgan fingerprint density at radius 2 is 2.06 bits per heavy atom. The summed E-state index contributed by atoms with van der Waals surface area (Å²) >= 11 is 8.04. The van der Waals surface area contributed by atoms with Gasteiger partial charge in [0, 0.05) is 57.8 Å². The van der Waals surface area contributed by atoms with Crippen molar-refractivity contribution in [3.8, 4) is 0 Å². The molecule has 0 saturated carbocycles. The van der Waals surface area contributed by atoms with E-state index in [9.17, 15) is 9.59 Å². The van der Waals surface area contributed by atoms with Gasteiger partial charge in [-0.2, -0.15) is 0 Å². The largest absolute Gasteiger partial charge is 0.324 e. The van der Waals surface area contributed by atoms with Crippen LogP contribution in [0.3, 0.4) is 0 Å². The van der Waals surface area contributed by atoms with Crippen LogP contribution in [0.4, 0.5) is 5.69 Å². The molecule has 1 aromatic heterocycles. The van der Waals surface area contributed by atoms with Crippen LogP contribution in [0, 0.1) is 5.92 Å². The van der Waals surface area contributed by atoms with E-state index >= 15 is 0 Å². The van der Waals surface area contributed by atoms with E-state index in [1.807, 2.05) is 42.1 Å². The first-order valence-corrected chi connectivity index (χ1v) is 13.1. The molecular formula is C27H24ClN3O2S. The molecule has 7 heteroatoms. The summed E-state index contributed by atoms with van der Waals surface area (Å²) in [4.78, 5) is 34.8. The van der Waals surface area contributed by atoms with Crippen molar-refractivity contribution in [1.82, 2.24) is 9.88 Å². The quantitative estimate of drug-likeness (QED) is 0.515. The number of nitrogens with one attached hydrogen (secondary N) is 1. The molecule has 2 fully saturated rings. The van der Waals surface area contributed by atoms with Gasteiger partial charge in [-0.3, -0.25) is 19.5 Å². The van der Waals surface area contributed by atoms with E-state index in [1.54, 1.807) is 24.5 Å². The van der Waals surface area contributed by atoms with Crippen LogP contribution < -0.4 is 5.32 Å². The minimum absolute atomic E-state index is 0.0441. The highest BCUT2D eigenvalue weighted by atomic mass is 35.5. The van der Waals surface area contributed by atoms with Gasteiger partial charge in [-0.05, 0) is 47.9 Å². The molecule has 0 aliphatic carbocycles. The number of aryl methyl sites for hydroxylation is 1. The number of anilines is 1. The number of hydrogen-bond donors (Lipinski definition) is 1. The van der Waals surface area contributed by atoms with Crippen LogP contribution in [-0.4, -0.2) is 39.2 Å². The van der Waals surface area contributed by atoms with E-state index in [-0.39, 0.29) is 23.7 Å². The summed E-state index contributed by atoms with van der Waals surface area (Å²) in [6, 6.07) is 17.6. The number of nitrogens with zero attached hydrogens (tertiary/aromatic N) is 2. The van der Waals surface area contributed by atoms with E-state index < -0.39 is 11.5 Å². The van der Waals surface area contributed by atoms with E-state index in [0.29, 0.717) is 16.5 Å². The van der Waals surface area contributed by atoms with Crippen molar-refractivity contribution in [2.24, 2.45) is 5.92 Å². The third-order valence-corrected chi connectivity index (χ3v) is 8.87. The topological polar surface area (TPSA) is 62.3 Å². The van der Waals surface area contributed by atoms with Gasteiger partial charge in [0.25, 0.3) is 0 Å². The molecule has 0 bridgehead atoms. The van der Waals surface area contributed by atoms with Crippen LogP contribution >= 0.6 is 23.4 Å². The first kappa shape index (κ1) is 21.8. The van der Waals surface area contributed by atoms with Crippen molar-refractivity contribution >= 4 is 40.7 Å². The molecule has 1 spiro atoms. The maximum absolute atomic E-state index is 14.3. The number of carbonyl (C=O) groups is 2. The highest BCUT2D eigenvalue weighted by Gasteiger charge is 2.69. The van der Waals surface area contributed by atoms with Crippen molar-refractivity contribution in [2.75, 3.05) is 16.9 Å². The second kappa shape index (κ2) is 8.22. The zero-order valence-corrected chi connectivity index (χ0v) is 20.3. The van der Waals surface area contributed by atoms with Crippen LogP contribution in [0.2, 0.25) is 5.02 Å². The Bertz CT molecular complexity index is 1280. The molecule has 3 aromatic rings. The van der Waals surface area contributed by atoms with Crippen molar-refractivity contribution in [1.29, 1.82) is 0 Å². The average molecular weight is 490 g/mol. The molecule has 6 rings (SSSR count). The van der Waals surface area contributed by atoms with Crippen LogP contribution in [0.25, 0.3) is 0 Å². The number of Topliss-reactive ketones (excluding diaryl/α,β-unsaturated/α-hetero) is 1. The number of benzene rings is 2. The maximum atomic E-state index is 14.3. The minimum Gasteiger partial charge on any atom is -0.324 e. The van der Waals surface area contributed by atoms with Crippen LogP contribution in [0.5, 0.6) is 0 Å². The number of fused-ring (bicyclic) bond motifs is 4. The van der Waals surface area contributed by atoms with Crippen molar-refractivity contribution in [3.63, 3.8) is 0 Å². The van der Waals surface area contributed by atoms with Gasteiger partial charge in [0.05, 0.1) is 5.92 Å². The second-order valence-corrected chi connectivity index (χ2v) is 10.6. The fourth-order valence-electron chi connectivity index (χ4n) is 6.09. The highest BCUT2D eigenvalue weighted by Crippen LogP contribution is 2.61. The molecule has 4 atom stereocenters. The summed E-state index contributed by atoms with van der Waals surface area (Å²) in [6.07, 6.45) is 4.14. The highest BCUT2D eigenvalue weighted by molar-refractivity contribution is 7.99. The zero-order chi connectivity index (χ0) is 23.4. The third-order valence-electron chi connectivity index (χ3n) is 7.58. The Morgan fingerprint density at radius 3 is 2.79 bits per heavy atom. The normalized spacial score (nSPS) is 27.6. The van der Waals surface area contributed by atoms with Crippen molar-refractivity contribution in [3.05, 3.63) is 94.3 Å². The fourth-order valence-corrected chi connectivity index (χ4v) is 7.54. The molecule has 2 aromatic carbocycles. The van der Waals surface area contributed by atoms with E-state index in [1.165, 1.54) is 0 Å². The Morgan fingerprint density at radius 1 is 1.24 bits per heavy atom. The molecule has 0 unspecified atom stereocenters. The van der Waals surface area contributed by atoms with Gasteiger partial charge in [0.1, 0.15) is 5.54 Å². The van der Waals surface area contributed by atoms with Gasteiger partial charge < -0.3 is 5.32 Å². The van der Waals surface area contributed by atoms with Crippen LogP contribution in [-0.2, 0) is 16.8 Å². The lowest BCUT2D eigenvalue weighted by Gasteiger charge is -2.36. The summed E-state index contributed by atoms with van der Waals surface area (Å²) in [7, 11) is 0. The lowest BCUT2D eigenvalue weighted by atomic mass is 9.69. The molecule has 2 saturated heterocycles.